The quantitative estimate of drug-likeness (QED) is 0.876. The monoisotopic (exact) mass is 302 g/mol. The van der Waals surface area contributed by atoms with Crippen molar-refractivity contribution < 1.29 is 4.79 Å². The number of hydrogen-bond donors (Lipinski definition) is 1. The summed E-state index contributed by atoms with van der Waals surface area (Å²) in [4.78, 5) is 14.1. The maximum Gasteiger partial charge on any atom is 0.227 e. The van der Waals surface area contributed by atoms with Gasteiger partial charge in [-0.15, -0.1) is 0 Å². The zero-order chi connectivity index (χ0) is 15.4. The van der Waals surface area contributed by atoms with Gasteiger partial charge in [-0.25, -0.2) is 0 Å². The van der Waals surface area contributed by atoms with Crippen molar-refractivity contribution in [1.82, 2.24) is 4.90 Å². The molecule has 0 aliphatic carbocycles. The summed E-state index contributed by atoms with van der Waals surface area (Å²) in [7, 11) is 1.81. The van der Waals surface area contributed by atoms with Crippen LogP contribution in [-0.4, -0.2) is 17.9 Å². The summed E-state index contributed by atoms with van der Waals surface area (Å²) in [5.41, 5.74) is 8.40. The molecule has 0 saturated heterocycles. The largest absolute Gasteiger partial charge is 0.399 e. The van der Waals surface area contributed by atoms with Crippen molar-refractivity contribution in [1.29, 1.82) is 0 Å². The molecule has 0 spiro atoms. The molecule has 0 aliphatic rings. The Balaban J connectivity index is 2.06. The van der Waals surface area contributed by atoms with Crippen LogP contribution in [0.25, 0.3) is 0 Å². The van der Waals surface area contributed by atoms with Crippen LogP contribution in [0.1, 0.15) is 24.1 Å². The highest BCUT2D eigenvalue weighted by Crippen LogP contribution is 2.21. The summed E-state index contributed by atoms with van der Waals surface area (Å²) >= 11 is 5.89. The Morgan fingerprint density at radius 1 is 1.24 bits per heavy atom. The SMILES string of the molecule is CC(c1ccc(Cl)cc1)N(C)C(=O)Cc1cccc(N)c1. The third kappa shape index (κ3) is 3.99. The van der Waals surface area contributed by atoms with E-state index in [1.54, 1.807) is 4.90 Å². The van der Waals surface area contributed by atoms with Gasteiger partial charge in [-0.05, 0) is 42.3 Å². The molecule has 0 bridgehead atoms. The number of halogens is 1. The van der Waals surface area contributed by atoms with Gasteiger partial charge in [0, 0.05) is 17.8 Å². The van der Waals surface area contributed by atoms with E-state index in [1.807, 2.05) is 62.5 Å². The van der Waals surface area contributed by atoms with Crippen LogP contribution in [0, 0.1) is 0 Å². The van der Waals surface area contributed by atoms with Gasteiger partial charge in [0.1, 0.15) is 0 Å². The molecule has 1 amide bonds. The Morgan fingerprint density at radius 2 is 1.90 bits per heavy atom. The number of benzene rings is 2. The second-order valence-corrected chi connectivity index (χ2v) is 5.59. The molecule has 21 heavy (non-hydrogen) atoms. The summed E-state index contributed by atoms with van der Waals surface area (Å²) in [5.74, 6) is 0.0584. The molecule has 2 aromatic carbocycles. The average molecular weight is 303 g/mol. The number of carbonyl (C=O) groups excluding carboxylic acids is 1. The summed E-state index contributed by atoms with van der Waals surface area (Å²) in [6, 6.07) is 15.0. The highest BCUT2D eigenvalue weighted by Gasteiger charge is 2.17. The number of carbonyl (C=O) groups is 1. The maximum atomic E-state index is 12.4. The molecule has 0 fully saturated rings. The van der Waals surface area contributed by atoms with Crippen LogP contribution in [0.2, 0.25) is 5.02 Å². The van der Waals surface area contributed by atoms with Gasteiger partial charge in [-0.1, -0.05) is 35.9 Å². The van der Waals surface area contributed by atoms with Crippen molar-refractivity contribution in [2.75, 3.05) is 12.8 Å². The van der Waals surface area contributed by atoms with E-state index >= 15 is 0 Å². The van der Waals surface area contributed by atoms with Crippen molar-refractivity contribution in [3.8, 4) is 0 Å². The number of anilines is 1. The first kappa shape index (κ1) is 15.4. The highest BCUT2D eigenvalue weighted by atomic mass is 35.5. The molecular weight excluding hydrogens is 284 g/mol. The van der Waals surface area contributed by atoms with Crippen LogP contribution in [0.5, 0.6) is 0 Å². The minimum atomic E-state index is -0.00386. The number of amides is 1. The van der Waals surface area contributed by atoms with E-state index in [1.165, 1.54) is 0 Å². The van der Waals surface area contributed by atoms with Crippen molar-refractivity contribution >= 4 is 23.2 Å². The third-order valence-corrected chi connectivity index (χ3v) is 3.89. The number of nitrogens with two attached hydrogens (primary N) is 1. The minimum Gasteiger partial charge on any atom is -0.399 e. The predicted octanol–water partition coefficient (Wildman–Crippen LogP) is 3.68. The maximum absolute atomic E-state index is 12.4. The van der Waals surface area contributed by atoms with E-state index in [-0.39, 0.29) is 11.9 Å². The molecule has 110 valence electrons. The zero-order valence-corrected chi connectivity index (χ0v) is 13.0. The Morgan fingerprint density at radius 3 is 2.52 bits per heavy atom. The lowest BCUT2D eigenvalue weighted by molar-refractivity contribution is -0.131. The van der Waals surface area contributed by atoms with Crippen LogP contribution < -0.4 is 5.73 Å². The van der Waals surface area contributed by atoms with Crippen molar-refractivity contribution in [2.24, 2.45) is 0 Å². The fourth-order valence-electron chi connectivity index (χ4n) is 2.18. The first-order valence-electron chi connectivity index (χ1n) is 6.83. The van der Waals surface area contributed by atoms with Gasteiger partial charge < -0.3 is 10.6 Å². The minimum absolute atomic E-state index is 0.00386. The van der Waals surface area contributed by atoms with Crippen LogP contribution in [0.3, 0.4) is 0 Å². The lowest BCUT2D eigenvalue weighted by Crippen LogP contribution is -2.30. The lowest BCUT2D eigenvalue weighted by atomic mass is 10.1. The van der Waals surface area contributed by atoms with Gasteiger partial charge >= 0.3 is 0 Å². The molecule has 0 radical (unpaired) electrons. The summed E-state index contributed by atoms with van der Waals surface area (Å²) in [5, 5.41) is 0.694. The van der Waals surface area contributed by atoms with Gasteiger partial charge in [0.15, 0.2) is 0 Å². The predicted molar refractivity (Wildman–Crippen MR) is 87.2 cm³/mol. The molecule has 0 saturated carbocycles. The normalized spacial score (nSPS) is 12.0. The smallest absolute Gasteiger partial charge is 0.227 e. The molecule has 1 atom stereocenters. The first-order valence-corrected chi connectivity index (χ1v) is 7.20. The lowest BCUT2D eigenvalue weighted by Gasteiger charge is -2.25. The molecular formula is C17H19ClN2O. The molecule has 0 heterocycles. The van der Waals surface area contributed by atoms with E-state index in [2.05, 4.69) is 0 Å². The number of nitrogens with zero attached hydrogens (tertiary/aromatic N) is 1. The van der Waals surface area contributed by atoms with Crippen LogP contribution in [0.15, 0.2) is 48.5 Å². The molecule has 0 aliphatic heterocycles. The Hall–Kier alpha value is -2.00. The zero-order valence-electron chi connectivity index (χ0n) is 12.2. The molecule has 2 N–H and O–H groups in total. The number of hydrogen-bond acceptors (Lipinski definition) is 2. The topological polar surface area (TPSA) is 46.3 Å². The molecule has 3 nitrogen and oxygen atoms in total. The van der Waals surface area contributed by atoms with Gasteiger partial charge in [0.25, 0.3) is 0 Å². The third-order valence-electron chi connectivity index (χ3n) is 3.63. The van der Waals surface area contributed by atoms with E-state index in [0.717, 1.165) is 11.1 Å². The highest BCUT2D eigenvalue weighted by molar-refractivity contribution is 6.30. The molecule has 0 aromatic heterocycles. The standard InChI is InChI=1S/C17H19ClN2O/c1-12(14-6-8-15(18)9-7-14)20(2)17(21)11-13-4-3-5-16(19)10-13/h3-10,12H,11,19H2,1-2H3. The van der Waals surface area contributed by atoms with E-state index in [0.29, 0.717) is 17.1 Å². The number of nitrogen functional groups attached to an aromatic ring is 1. The van der Waals surface area contributed by atoms with Gasteiger partial charge in [0.05, 0.1) is 12.5 Å². The van der Waals surface area contributed by atoms with Crippen LogP contribution in [-0.2, 0) is 11.2 Å². The van der Waals surface area contributed by atoms with E-state index < -0.39 is 0 Å². The number of likely N-dealkylation sites (N-methyl/N-ethyl adjacent to an activating group) is 1. The summed E-state index contributed by atoms with van der Waals surface area (Å²) in [6.07, 6.45) is 0.347. The molecule has 2 rings (SSSR count). The molecule has 2 aromatic rings. The fraction of sp³-hybridized carbons (Fsp3) is 0.235. The summed E-state index contributed by atoms with van der Waals surface area (Å²) < 4.78 is 0. The fourth-order valence-corrected chi connectivity index (χ4v) is 2.31. The van der Waals surface area contributed by atoms with Gasteiger partial charge in [0.2, 0.25) is 5.91 Å². The molecule has 1 unspecified atom stereocenters. The van der Waals surface area contributed by atoms with Crippen molar-refractivity contribution in [3.63, 3.8) is 0 Å². The second-order valence-electron chi connectivity index (χ2n) is 5.15. The first-order chi connectivity index (χ1) is 9.97. The average Bonchev–Trinajstić information content (AvgIpc) is 2.46. The second kappa shape index (κ2) is 6.64. The Kier molecular flexibility index (Phi) is 4.86. The van der Waals surface area contributed by atoms with Gasteiger partial charge in [-0.3, -0.25) is 4.79 Å². The summed E-state index contributed by atoms with van der Waals surface area (Å²) in [6.45, 7) is 2.00. The van der Waals surface area contributed by atoms with E-state index in [4.69, 9.17) is 17.3 Å². The molecule has 4 heteroatoms. The van der Waals surface area contributed by atoms with Crippen LogP contribution >= 0.6 is 11.6 Å². The van der Waals surface area contributed by atoms with Gasteiger partial charge in [-0.2, -0.15) is 0 Å². The van der Waals surface area contributed by atoms with Crippen LogP contribution in [0.4, 0.5) is 5.69 Å². The Labute approximate surface area is 130 Å². The number of rotatable bonds is 4. The Bertz CT molecular complexity index is 625. The van der Waals surface area contributed by atoms with E-state index in [9.17, 15) is 4.79 Å². The van der Waals surface area contributed by atoms with Crippen molar-refractivity contribution in [3.05, 3.63) is 64.7 Å². The van der Waals surface area contributed by atoms with Crippen molar-refractivity contribution in [2.45, 2.75) is 19.4 Å².